The molecule has 0 bridgehead atoms. The van der Waals surface area contributed by atoms with E-state index in [1.165, 1.54) is 0 Å². The molecule has 1 aromatic carbocycles. The van der Waals surface area contributed by atoms with Crippen LogP contribution < -0.4 is 21.1 Å². The molecule has 0 radical (unpaired) electrons. The molecule has 1 heterocycles. The molecular weight excluding hydrogens is 272 g/mol. The zero-order valence-corrected chi connectivity index (χ0v) is 11.8. The van der Waals surface area contributed by atoms with Gasteiger partial charge in [-0.25, -0.2) is 0 Å². The van der Waals surface area contributed by atoms with Crippen molar-refractivity contribution in [2.24, 2.45) is 5.73 Å². The van der Waals surface area contributed by atoms with E-state index in [0.29, 0.717) is 18.0 Å². The van der Waals surface area contributed by atoms with E-state index in [2.05, 4.69) is 15.5 Å². The van der Waals surface area contributed by atoms with Crippen molar-refractivity contribution < 1.29 is 14.3 Å². The third-order valence-corrected chi connectivity index (χ3v) is 3.08. The Kier molecular flexibility index (Phi) is 5.53. The molecule has 7 nitrogen and oxygen atoms in total. The van der Waals surface area contributed by atoms with Gasteiger partial charge in [-0.1, -0.05) is 6.07 Å². The minimum atomic E-state index is -0.539. The molecule has 1 aliphatic rings. The van der Waals surface area contributed by atoms with Gasteiger partial charge in [0.05, 0.1) is 6.54 Å². The monoisotopic (exact) mass is 292 g/mol. The Morgan fingerprint density at radius 3 is 2.81 bits per heavy atom. The van der Waals surface area contributed by atoms with Gasteiger partial charge in [0.1, 0.15) is 5.75 Å². The summed E-state index contributed by atoms with van der Waals surface area (Å²) in [5, 5.41) is 6.06. The zero-order chi connectivity index (χ0) is 15.1. The highest BCUT2D eigenvalue weighted by molar-refractivity contribution is 5.92. The molecule has 7 heteroatoms. The predicted octanol–water partition coefficient (Wildman–Crippen LogP) is -0.606. The fraction of sp³-hybridized carbons (Fsp3) is 0.429. The Morgan fingerprint density at radius 2 is 2.10 bits per heavy atom. The van der Waals surface area contributed by atoms with E-state index in [9.17, 15) is 9.59 Å². The Bertz CT molecular complexity index is 501. The summed E-state index contributed by atoms with van der Waals surface area (Å²) in [6.45, 7) is 3.74. The fourth-order valence-electron chi connectivity index (χ4n) is 2.09. The summed E-state index contributed by atoms with van der Waals surface area (Å²) >= 11 is 0. The van der Waals surface area contributed by atoms with Crippen LogP contribution in [0.4, 0.5) is 5.69 Å². The van der Waals surface area contributed by atoms with Crippen LogP contribution in [0, 0.1) is 0 Å². The molecule has 114 valence electrons. The van der Waals surface area contributed by atoms with Gasteiger partial charge < -0.3 is 21.1 Å². The molecule has 2 amide bonds. The van der Waals surface area contributed by atoms with Gasteiger partial charge in [0.25, 0.3) is 5.91 Å². The van der Waals surface area contributed by atoms with Crippen LogP contribution in [0.5, 0.6) is 5.75 Å². The van der Waals surface area contributed by atoms with Crippen LogP contribution in [-0.4, -0.2) is 56.0 Å². The molecule has 0 unspecified atom stereocenters. The van der Waals surface area contributed by atoms with Gasteiger partial charge in [0.15, 0.2) is 6.61 Å². The number of ether oxygens (including phenoxy) is 1. The highest BCUT2D eigenvalue weighted by Gasteiger charge is 2.13. The first-order valence-electron chi connectivity index (χ1n) is 6.87. The predicted molar refractivity (Wildman–Crippen MR) is 79.1 cm³/mol. The summed E-state index contributed by atoms with van der Waals surface area (Å²) in [7, 11) is 0. The smallest absolute Gasteiger partial charge is 0.255 e. The normalized spacial score (nSPS) is 15.4. The number of hydrogen-bond donors (Lipinski definition) is 3. The topological polar surface area (TPSA) is 96.7 Å². The molecule has 1 fully saturated rings. The van der Waals surface area contributed by atoms with E-state index in [0.717, 1.165) is 26.2 Å². The van der Waals surface area contributed by atoms with Crippen LogP contribution in [0.2, 0.25) is 0 Å². The van der Waals surface area contributed by atoms with Crippen molar-refractivity contribution in [2.75, 3.05) is 44.6 Å². The van der Waals surface area contributed by atoms with Gasteiger partial charge in [-0.05, 0) is 12.1 Å². The SMILES string of the molecule is NC(=O)COc1cccc(NC(=O)CN2CCNCC2)c1. The first-order chi connectivity index (χ1) is 10.1. The molecule has 0 spiro atoms. The van der Waals surface area contributed by atoms with E-state index in [4.69, 9.17) is 10.5 Å². The lowest BCUT2D eigenvalue weighted by molar-refractivity contribution is -0.120. The molecule has 21 heavy (non-hydrogen) atoms. The van der Waals surface area contributed by atoms with Crippen molar-refractivity contribution in [2.45, 2.75) is 0 Å². The van der Waals surface area contributed by atoms with Crippen LogP contribution >= 0.6 is 0 Å². The van der Waals surface area contributed by atoms with Gasteiger partial charge in [0.2, 0.25) is 5.91 Å². The molecule has 2 rings (SSSR count). The number of nitrogens with zero attached hydrogens (tertiary/aromatic N) is 1. The average molecular weight is 292 g/mol. The zero-order valence-electron chi connectivity index (χ0n) is 11.8. The maximum Gasteiger partial charge on any atom is 0.255 e. The van der Waals surface area contributed by atoms with Crippen LogP contribution in [0.15, 0.2) is 24.3 Å². The van der Waals surface area contributed by atoms with Crippen molar-refractivity contribution in [1.82, 2.24) is 10.2 Å². The van der Waals surface area contributed by atoms with Crippen LogP contribution in [0.1, 0.15) is 0 Å². The quantitative estimate of drug-likeness (QED) is 0.650. The number of carbonyl (C=O) groups excluding carboxylic acids is 2. The largest absolute Gasteiger partial charge is 0.484 e. The Labute approximate surface area is 123 Å². The highest BCUT2D eigenvalue weighted by Crippen LogP contribution is 2.17. The van der Waals surface area contributed by atoms with Gasteiger partial charge in [-0.2, -0.15) is 0 Å². The third kappa shape index (κ3) is 5.41. The fourth-order valence-corrected chi connectivity index (χ4v) is 2.09. The van der Waals surface area contributed by atoms with Crippen LogP contribution in [0.25, 0.3) is 0 Å². The lowest BCUT2D eigenvalue weighted by atomic mass is 10.3. The third-order valence-electron chi connectivity index (χ3n) is 3.08. The van der Waals surface area contributed by atoms with E-state index < -0.39 is 5.91 Å². The van der Waals surface area contributed by atoms with E-state index in [1.807, 2.05) is 0 Å². The Hall–Kier alpha value is -2.12. The Morgan fingerprint density at radius 1 is 1.33 bits per heavy atom. The molecule has 0 aromatic heterocycles. The highest BCUT2D eigenvalue weighted by atomic mass is 16.5. The van der Waals surface area contributed by atoms with Crippen molar-refractivity contribution in [3.63, 3.8) is 0 Å². The summed E-state index contributed by atoms with van der Waals surface area (Å²) in [5.41, 5.74) is 5.66. The van der Waals surface area contributed by atoms with E-state index in [-0.39, 0.29) is 12.5 Å². The molecule has 0 aliphatic carbocycles. The van der Waals surface area contributed by atoms with Gasteiger partial charge in [-0.3, -0.25) is 14.5 Å². The number of rotatable bonds is 6. The van der Waals surface area contributed by atoms with Crippen molar-refractivity contribution in [1.29, 1.82) is 0 Å². The second-order valence-electron chi connectivity index (χ2n) is 4.86. The van der Waals surface area contributed by atoms with Crippen molar-refractivity contribution in [3.05, 3.63) is 24.3 Å². The number of anilines is 1. The summed E-state index contributed by atoms with van der Waals surface area (Å²) in [4.78, 5) is 24.7. The van der Waals surface area contributed by atoms with Crippen molar-refractivity contribution >= 4 is 17.5 Å². The number of primary amides is 1. The number of carbonyl (C=O) groups is 2. The minimum absolute atomic E-state index is 0.0658. The number of nitrogens with two attached hydrogens (primary N) is 1. The van der Waals surface area contributed by atoms with Crippen molar-refractivity contribution in [3.8, 4) is 5.75 Å². The number of amides is 2. The average Bonchev–Trinajstić information content (AvgIpc) is 2.46. The second kappa shape index (κ2) is 7.61. The molecule has 1 aromatic rings. The summed E-state index contributed by atoms with van der Waals surface area (Å²) < 4.78 is 5.20. The molecule has 1 aliphatic heterocycles. The van der Waals surface area contributed by atoms with E-state index in [1.54, 1.807) is 24.3 Å². The number of nitrogens with one attached hydrogen (secondary N) is 2. The first kappa shape index (κ1) is 15.3. The van der Waals surface area contributed by atoms with Crippen LogP contribution in [-0.2, 0) is 9.59 Å². The lowest BCUT2D eigenvalue weighted by Crippen LogP contribution is -2.46. The maximum absolute atomic E-state index is 12.0. The molecule has 0 saturated carbocycles. The standard InChI is InChI=1S/C14H20N4O3/c15-13(19)10-21-12-3-1-2-11(8-12)17-14(20)9-18-6-4-16-5-7-18/h1-3,8,16H,4-7,9-10H2,(H2,15,19)(H,17,20). The second-order valence-corrected chi connectivity index (χ2v) is 4.86. The molecule has 4 N–H and O–H groups in total. The maximum atomic E-state index is 12.0. The van der Waals surface area contributed by atoms with Gasteiger partial charge in [-0.15, -0.1) is 0 Å². The molecule has 1 saturated heterocycles. The summed E-state index contributed by atoms with van der Waals surface area (Å²) in [6.07, 6.45) is 0. The minimum Gasteiger partial charge on any atom is -0.484 e. The van der Waals surface area contributed by atoms with E-state index >= 15 is 0 Å². The first-order valence-corrected chi connectivity index (χ1v) is 6.87. The number of hydrogen-bond acceptors (Lipinski definition) is 5. The Balaban J connectivity index is 1.85. The summed E-state index contributed by atoms with van der Waals surface area (Å²) in [6, 6.07) is 6.89. The van der Waals surface area contributed by atoms with Crippen LogP contribution in [0.3, 0.4) is 0 Å². The number of piperazine rings is 1. The summed E-state index contributed by atoms with van der Waals surface area (Å²) in [5.74, 6) is -0.110. The molecule has 0 atom stereocenters. The molecular formula is C14H20N4O3. The number of benzene rings is 1. The lowest BCUT2D eigenvalue weighted by Gasteiger charge is -2.26. The van der Waals surface area contributed by atoms with Gasteiger partial charge >= 0.3 is 0 Å². The van der Waals surface area contributed by atoms with Gasteiger partial charge in [0, 0.05) is 37.9 Å².